The molecule has 124 valence electrons. The van der Waals surface area contributed by atoms with Crippen LogP contribution in [-0.2, 0) is 6.54 Å². The molecular weight excluding hydrogens is 315 g/mol. The van der Waals surface area contributed by atoms with E-state index in [1.807, 2.05) is 32.0 Å². The Kier molecular flexibility index (Phi) is 4.29. The highest BCUT2D eigenvalue weighted by atomic mass is 19.2. The van der Waals surface area contributed by atoms with Gasteiger partial charge in [-0.2, -0.15) is 5.10 Å². The van der Waals surface area contributed by atoms with E-state index in [0.29, 0.717) is 12.2 Å². The first-order valence-corrected chi connectivity index (χ1v) is 7.45. The van der Waals surface area contributed by atoms with Crippen LogP contribution in [0.2, 0.25) is 0 Å². The number of rotatable bonds is 4. The first-order valence-electron chi connectivity index (χ1n) is 7.45. The second kappa shape index (κ2) is 6.39. The SMILES string of the molecule is Cc1cccc(C)c1CNc1c(-c2ccn[nH]2)cc(F)c(F)c1F. The number of aromatic nitrogens is 2. The molecular formula is C18H16F3N3. The molecule has 0 aliphatic rings. The van der Waals surface area contributed by atoms with Crippen LogP contribution in [0, 0.1) is 31.3 Å². The van der Waals surface area contributed by atoms with Gasteiger partial charge in [0.05, 0.1) is 11.4 Å². The molecule has 0 amide bonds. The average Bonchev–Trinajstić information content (AvgIpc) is 3.08. The van der Waals surface area contributed by atoms with E-state index in [4.69, 9.17) is 0 Å². The first kappa shape index (κ1) is 16.1. The predicted octanol–water partition coefficient (Wildman–Crippen LogP) is 4.72. The lowest BCUT2D eigenvalue weighted by atomic mass is 10.0. The van der Waals surface area contributed by atoms with Gasteiger partial charge in [0.25, 0.3) is 0 Å². The van der Waals surface area contributed by atoms with Crippen LogP contribution in [0.4, 0.5) is 18.9 Å². The summed E-state index contributed by atoms with van der Waals surface area (Å²) in [5, 5.41) is 9.33. The Balaban J connectivity index is 2.02. The fourth-order valence-electron chi connectivity index (χ4n) is 2.69. The standard InChI is InChI=1S/C18H16F3N3/c1-10-4-3-5-11(2)13(10)9-22-18-12(15-6-7-23-24-15)8-14(19)16(20)17(18)21/h3-8,22H,9H2,1-2H3,(H,23,24). The van der Waals surface area contributed by atoms with Crippen LogP contribution in [0.25, 0.3) is 11.3 Å². The highest BCUT2D eigenvalue weighted by Crippen LogP contribution is 2.33. The molecule has 0 aliphatic carbocycles. The van der Waals surface area contributed by atoms with Gasteiger partial charge in [0.1, 0.15) is 0 Å². The molecule has 0 aliphatic heterocycles. The molecule has 0 saturated heterocycles. The summed E-state index contributed by atoms with van der Waals surface area (Å²) in [6.07, 6.45) is 1.46. The zero-order chi connectivity index (χ0) is 17.3. The Morgan fingerprint density at radius 2 is 1.75 bits per heavy atom. The van der Waals surface area contributed by atoms with Gasteiger partial charge in [-0.15, -0.1) is 0 Å². The number of H-pyrrole nitrogens is 1. The minimum Gasteiger partial charge on any atom is -0.378 e. The van der Waals surface area contributed by atoms with Crippen LogP contribution >= 0.6 is 0 Å². The van der Waals surface area contributed by atoms with Gasteiger partial charge in [-0.1, -0.05) is 18.2 Å². The molecule has 1 aromatic heterocycles. The van der Waals surface area contributed by atoms with E-state index < -0.39 is 17.5 Å². The number of halogens is 3. The number of hydrogen-bond donors (Lipinski definition) is 2. The lowest BCUT2D eigenvalue weighted by Gasteiger charge is -2.16. The van der Waals surface area contributed by atoms with Gasteiger partial charge in [-0.05, 0) is 42.7 Å². The maximum atomic E-state index is 14.3. The van der Waals surface area contributed by atoms with Crippen LogP contribution < -0.4 is 5.32 Å². The molecule has 6 heteroatoms. The van der Waals surface area contributed by atoms with Gasteiger partial charge in [-0.25, -0.2) is 13.2 Å². The number of anilines is 1. The second-order valence-corrected chi connectivity index (χ2v) is 5.60. The summed E-state index contributed by atoms with van der Waals surface area (Å²) in [6.45, 7) is 4.18. The molecule has 3 rings (SSSR count). The minimum atomic E-state index is -1.50. The van der Waals surface area contributed by atoms with Crippen molar-refractivity contribution in [2.45, 2.75) is 20.4 Å². The lowest BCUT2D eigenvalue weighted by molar-refractivity contribution is 0.449. The number of nitrogens with one attached hydrogen (secondary N) is 2. The van der Waals surface area contributed by atoms with Gasteiger partial charge in [0.15, 0.2) is 17.5 Å². The summed E-state index contributed by atoms with van der Waals surface area (Å²) >= 11 is 0. The molecule has 2 aromatic carbocycles. The molecule has 0 radical (unpaired) electrons. The lowest BCUT2D eigenvalue weighted by Crippen LogP contribution is -2.08. The maximum absolute atomic E-state index is 14.3. The van der Waals surface area contributed by atoms with E-state index in [-0.39, 0.29) is 11.3 Å². The minimum absolute atomic E-state index is 0.0965. The van der Waals surface area contributed by atoms with Crippen molar-refractivity contribution in [2.75, 3.05) is 5.32 Å². The third kappa shape index (κ3) is 2.87. The molecule has 2 N–H and O–H groups in total. The van der Waals surface area contributed by atoms with Crippen molar-refractivity contribution >= 4 is 5.69 Å². The first-order chi connectivity index (χ1) is 11.5. The van der Waals surface area contributed by atoms with Crippen molar-refractivity contribution in [2.24, 2.45) is 0 Å². The molecule has 0 bridgehead atoms. The number of aromatic amines is 1. The molecule has 3 nitrogen and oxygen atoms in total. The second-order valence-electron chi connectivity index (χ2n) is 5.60. The Bertz CT molecular complexity index is 853. The molecule has 0 spiro atoms. The van der Waals surface area contributed by atoms with E-state index in [1.165, 1.54) is 6.20 Å². The van der Waals surface area contributed by atoms with E-state index >= 15 is 0 Å². The smallest absolute Gasteiger partial charge is 0.196 e. The Morgan fingerprint density at radius 1 is 1.04 bits per heavy atom. The summed E-state index contributed by atoms with van der Waals surface area (Å²) in [7, 11) is 0. The fraction of sp³-hybridized carbons (Fsp3) is 0.167. The maximum Gasteiger partial charge on any atom is 0.196 e. The van der Waals surface area contributed by atoms with Gasteiger partial charge >= 0.3 is 0 Å². The van der Waals surface area contributed by atoms with Gasteiger partial charge in [0, 0.05) is 18.3 Å². The summed E-state index contributed by atoms with van der Waals surface area (Å²) in [6, 6.07) is 8.35. The normalized spacial score (nSPS) is 10.9. The van der Waals surface area contributed by atoms with Gasteiger partial charge < -0.3 is 5.32 Å². The molecule has 0 fully saturated rings. The summed E-state index contributed by atoms with van der Waals surface area (Å²) in [4.78, 5) is 0. The van der Waals surface area contributed by atoms with Crippen molar-refractivity contribution in [3.05, 3.63) is 70.7 Å². The molecule has 0 saturated carbocycles. The third-order valence-corrected chi connectivity index (χ3v) is 4.04. The summed E-state index contributed by atoms with van der Waals surface area (Å²) < 4.78 is 41.6. The Labute approximate surface area is 137 Å². The number of hydrogen-bond acceptors (Lipinski definition) is 2. The van der Waals surface area contributed by atoms with E-state index in [2.05, 4.69) is 15.5 Å². The summed E-state index contributed by atoms with van der Waals surface area (Å²) in [5.41, 5.74) is 3.55. The average molecular weight is 331 g/mol. The van der Waals surface area contributed by atoms with E-state index in [0.717, 1.165) is 22.8 Å². The Morgan fingerprint density at radius 3 is 2.38 bits per heavy atom. The van der Waals surface area contributed by atoms with Crippen LogP contribution in [-0.4, -0.2) is 10.2 Å². The van der Waals surface area contributed by atoms with Crippen LogP contribution in [0.15, 0.2) is 36.5 Å². The van der Waals surface area contributed by atoms with E-state index in [1.54, 1.807) is 6.07 Å². The van der Waals surface area contributed by atoms with Gasteiger partial charge in [-0.3, -0.25) is 5.10 Å². The molecule has 24 heavy (non-hydrogen) atoms. The Hall–Kier alpha value is -2.76. The fourth-order valence-corrected chi connectivity index (χ4v) is 2.69. The highest BCUT2D eigenvalue weighted by molar-refractivity contribution is 5.76. The van der Waals surface area contributed by atoms with Crippen LogP contribution in [0.3, 0.4) is 0 Å². The number of nitrogens with zero attached hydrogens (tertiary/aromatic N) is 1. The monoisotopic (exact) mass is 331 g/mol. The molecule has 1 heterocycles. The van der Waals surface area contributed by atoms with Gasteiger partial charge in [0.2, 0.25) is 0 Å². The third-order valence-electron chi connectivity index (χ3n) is 4.04. The number of benzene rings is 2. The van der Waals surface area contributed by atoms with Crippen molar-refractivity contribution < 1.29 is 13.2 Å². The largest absolute Gasteiger partial charge is 0.378 e. The van der Waals surface area contributed by atoms with Crippen LogP contribution in [0.5, 0.6) is 0 Å². The van der Waals surface area contributed by atoms with Crippen molar-refractivity contribution in [1.29, 1.82) is 0 Å². The highest BCUT2D eigenvalue weighted by Gasteiger charge is 2.20. The topological polar surface area (TPSA) is 40.7 Å². The van der Waals surface area contributed by atoms with Crippen LogP contribution in [0.1, 0.15) is 16.7 Å². The zero-order valence-corrected chi connectivity index (χ0v) is 13.3. The van der Waals surface area contributed by atoms with Crippen molar-refractivity contribution in [3.8, 4) is 11.3 Å². The van der Waals surface area contributed by atoms with E-state index in [9.17, 15) is 13.2 Å². The predicted molar refractivity (Wildman–Crippen MR) is 87.1 cm³/mol. The molecule has 0 unspecified atom stereocenters. The van der Waals surface area contributed by atoms with Crippen molar-refractivity contribution in [1.82, 2.24) is 10.2 Å². The number of aryl methyl sites for hydroxylation is 2. The molecule has 0 atom stereocenters. The quantitative estimate of drug-likeness (QED) is 0.679. The zero-order valence-electron chi connectivity index (χ0n) is 13.3. The summed E-state index contributed by atoms with van der Waals surface area (Å²) in [5.74, 6) is -3.98. The molecule has 3 aromatic rings. The van der Waals surface area contributed by atoms with Crippen molar-refractivity contribution in [3.63, 3.8) is 0 Å².